The highest BCUT2D eigenvalue weighted by atomic mass is 32.2. The van der Waals surface area contributed by atoms with Crippen molar-refractivity contribution in [1.29, 1.82) is 0 Å². The molecular weight excluding hydrogens is 464 g/mol. The van der Waals surface area contributed by atoms with Crippen LogP contribution in [0.1, 0.15) is 220 Å². The molecule has 0 fully saturated rings. The van der Waals surface area contributed by atoms with Crippen molar-refractivity contribution in [1.82, 2.24) is 0 Å². The highest BCUT2D eigenvalue weighted by Gasteiger charge is 2.17. The van der Waals surface area contributed by atoms with Gasteiger partial charge in [-0.1, -0.05) is 195 Å². The molecule has 0 saturated carbocycles. The lowest BCUT2D eigenvalue weighted by Gasteiger charge is -2.24. The summed E-state index contributed by atoms with van der Waals surface area (Å²) in [5, 5.41) is 1.88. The number of rotatable bonds is 32. The van der Waals surface area contributed by atoms with Crippen LogP contribution in [-0.2, 0) is 0 Å². The first kappa shape index (κ1) is 37.4. The molecule has 0 saturated heterocycles. The van der Waals surface area contributed by atoms with E-state index in [0.29, 0.717) is 0 Å². The fourth-order valence-corrected chi connectivity index (χ4v) is 7.55. The van der Waals surface area contributed by atoms with Crippen LogP contribution in [0.2, 0.25) is 0 Å². The van der Waals surface area contributed by atoms with Crippen LogP contribution in [0, 0.1) is 0 Å². The summed E-state index contributed by atoms with van der Waals surface area (Å²) < 4.78 is 0. The van der Waals surface area contributed by atoms with E-state index >= 15 is 0 Å². The largest absolute Gasteiger partial charge is 0.155 e. The fraction of sp³-hybridized carbons (Fsp3) is 1.00. The van der Waals surface area contributed by atoms with Crippen molar-refractivity contribution < 1.29 is 0 Å². The summed E-state index contributed by atoms with van der Waals surface area (Å²) in [4.78, 5) is 0. The van der Waals surface area contributed by atoms with E-state index in [4.69, 9.17) is 0 Å². The van der Waals surface area contributed by atoms with E-state index in [0.717, 1.165) is 10.5 Å². The molecule has 0 spiro atoms. The number of thioether (sulfide) groups is 1. The van der Waals surface area contributed by atoms with E-state index in [1.165, 1.54) is 193 Å². The minimum absolute atomic E-state index is 0.941. The van der Waals surface area contributed by atoms with Gasteiger partial charge in [0.25, 0.3) is 0 Å². The molecule has 0 rings (SSSR count). The lowest BCUT2D eigenvalue weighted by atomic mass is 10.0. The molecule has 0 aromatic carbocycles. The van der Waals surface area contributed by atoms with E-state index in [2.05, 4.69) is 39.5 Å². The van der Waals surface area contributed by atoms with E-state index in [1.807, 2.05) is 0 Å². The molecule has 0 N–H and O–H groups in total. The minimum atomic E-state index is 0.941. The van der Waals surface area contributed by atoms with Crippen LogP contribution < -0.4 is 0 Å². The Morgan fingerprint density at radius 1 is 0.270 bits per heavy atom. The average Bonchev–Trinajstić information content (AvgIpc) is 2.91. The van der Waals surface area contributed by atoms with Gasteiger partial charge in [-0.3, -0.25) is 0 Å². The molecular formula is C36H74S. The third kappa shape index (κ3) is 29.2. The second kappa shape index (κ2) is 32.6. The molecule has 0 aliphatic heterocycles. The Labute approximate surface area is 242 Å². The standard InChI is InChI=1S/C36H74S/c1-5-9-13-17-19-21-23-25-29-33-35(31-27-15-11-7-3)37-36(32-28-16-12-8-4)34-30-26-24-22-20-18-14-10-6-2/h35-36H,5-34H2,1-4H3. The summed E-state index contributed by atoms with van der Waals surface area (Å²) >= 11 is 2.46. The second-order valence-electron chi connectivity index (χ2n) is 12.3. The molecule has 224 valence electrons. The van der Waals surface area contributed by atoms with Gasteiger partial charge in [0.05, 0.1) is 0 Å². The zero-order chi connectivity index (χ0) is 27.1. The first-order chi connectivity index (χ1) is 18.3. The predicted octanol–water partition coefficient (Wildman–Crippen LogP) is 14.2. The highest BCUT2D eigenvalue weighted by molar-refractivity contribution is 8.00. The zero-order valence-corrected chi connectivity index (χ0v) is 27.6. The summed E-state index contributed by atoms with van der Waals surface area (Å²) in [7, 11) is 0. The first-order valence-electron chi connectivity index (χ1n) is 17.9. The van der Waals surface area contributed by atoms with E-state index < -0.39 is 0 Å². The molecule has 0 aliphatic rings. The molecule has 1 heteroatoms. The van der Waals surface area contributed by atoms with Crippen molar-refractivity contribution in [3.8, 4) is 0 Å². The van der Waals surface area contributed by atoms with Gasteiger partial charge in [-0.2, -0.15) is 11.8 Å². The average molecular weight is 539 g/mol. The van der Waals surface area contributed by atoms with E-state index in [1.54, 1.807) is 0 Å². The fourth-order valence-electron chi connectivity index (χ4n) is 5.80. The summed E-state index contributed by atoms with van der Waals surface area (Å²) in [6, 6.07) is 0. The van der Waals surface area contributed by atoms with Gasteiger partial charge < -0.3 is 0 Å². The molecule has 0 aromatic rings. The molecule has 0 aliphatic carbocycles. The number of hydrogen-bond acceptors (Lipinski definition) is 1. The lowest BCUT2D eigenvalue weighted by molar-refractivity contribution is 0.526. The Bertz CT molecular complexity index is 356. The van der Waals surface area contributed by atoms with Gasteiger partial charge in [-0.05, 0) is 25.7 Å². The van der Waals surface area contributed by atoms with Crippen LogP contribution in [0.25, 0.3) is 0 Å². The molecule has 0 aromatic heterocycles. The Kier molecular flexibility index (Phi) is 32.9. The maximum Gasteiger partial charge on any atom is 0.00498 e. The molecule has 0 bridgehead atoms. The Balaban J connectivity index is 4.41. The van der Waals surface area contributed by atoms with Gasteiger partial charge in [0.1, 0.15) is 0 Å². The molecule has 0 radical (unpaired) electrons. The van der Waals surface area contributed by atoms with Crippen LogP contribution in [0.4, 0.5) is 0 Å². The molecule has 2 unspecified atom stereocenters. The van der Waals surface area contributed by atoms with Gasteiger partial charge in [0.15, 0.2) is 0 Å². The summed E-state index contributed by atoms with van der Waals surface area (Å²) in [5.41, 5.74) is 0. The third-order valence-electron chi connectivity index (χ3n) is 8.40. The van der Waals surface area contributed by atoms with Crippen molar-refractivity contribution >= 4 is 11.8 Å². The van der Waals surface area contributed by atoms with Gasteiger partial charge in [0, 0.05) is 10.5 Å². The number of hydrogen-bond donors (Lipinski definition) is 0. The zero-order valence-electron chi connectivity index (χ0n) is 26.8. The van der Waals surface area contributed by atoms with Crippen molar-refractivity contribution in [3.05, 3.63) is 0 Å². The summed E-state index contributed by atoms with van der Waals surface area (Å²) in [6.45, 7) is 9.35. The van der Waals surface area contributed by atoms with Gasteiger partial charge in [0.2, 0.25) is 0 Å². The van der Waals surface area contributed by atoms with Crippen LogP contribution in [0.5, 0.6) is 0 Å². The summed E-state index contributed by atoms with van der Waals surface area (Å²) in [5.74, 6) is 0. The van der Waals surface area contributed by atoms with Crippen molar-refractivity contribution in [2.75, 3.05) is 0 Å². The smallest absolute Gasteiger partial charge is 0.00498 e. The Morgan fingerprint density at radius 2 is 0.459 bits per heavy atom. The van der Waals surface area contributed by atoms with Crippen LogP contribution in [0.3, 0.4) is 0 Å². The Hall–Kier alpha value is 0.350. The molecule has 0 nitrogen and oxygen atoms in total. The van der Waals surface area contributed by atoms with Gasteiger partial charge in [-0.25, -0.2) is 0 Å². The quantitative estimate of drug-likeness (QED) is 0.0767. The van der Waals surface area contributed by atoms with Crippen molar-refractivity contribution in [2.24, 2.45) is 0 Å². The topological polar surface area (TPSA) is 0 Å². The van der Waals surface area contributed by atoms with Crippen LogP contribution in [-0.4, -0.2) is 10.5 Å². The van der Waals surface area contributed by atoms with Gasteiger partial charge >= 0.3 is 0 Å². The first-order valence-corrected chi connectivity index (χ1v) is 18.9. The SMILES string of the molecule is CCCCCCCCCCCC(CCCCCC)SC(CCCCCC)CCCCCCCCCCC. The van der Waals surface area contributed by atoms with Crippen molar-refractivity contribution in [3.63, 3.8) is 0 Å². The maximum atomic E-state index is 2.46. The van der Waals surface area contributed by atoms with Crippen LogP contribution in [0.15, 0.2) is 0 Å². The molecule has 0 heterocycles. The molecule has 2 atom stereocenters. The van der Waals surface area contributed by atoms with Gasteiger partial charge in [-0.15, -0.1) is 0 Å². The normalized spacial score (nSPS) is 13.3. The highest BCUT2D eigenvalue weighted by Crippen LogP contribution is 2.33. The van der Waals surface area contributed by atoms with E-state index in [9.17, 15) is 0 Å². The van der Waals surface area contributed by atoms with Crippen molar-refractivity contribution in [2.45, 2.75) is 231 Å². The van der Waals surface area contributed by atoms with Crippen LogP contribution >= 0.6 is 11.8 Å². The Morgan fingerprint density at radius 3 is 0.703 bits per heavy atom. The molecule has 0 amide bonds. The maximum absolute atomic E-state index is 2.46. The monoisotopic (exact) mass is 539 g/mol. The van der Waals surface area contributed by atoms with E-state index in [-0.39, 0.29) is 0 Å². The number of unbranched alkanes of at least 4 members (excludes halogenated alkanes) is 22. The second-order valence-corrected chi connectivity index (χ2v) is 13.9. The summed E-state index contributed by atoms with van der Waals surface area (Å²) in [6.07, 6.45) is 43.8. The lowest BCUT2D eigenvalue weighted by Crippen LogP contribution is -2.12. The molecule has 37 heavy (non-hydrogen) atoms. The predicted molar refractivity (Wildman–Crippen MR) is 176 cm³/mol. The minimum Gasteiger partial charge on any atom is -0.155 e. The third-order valence-corrected chi connectivity index (χ3v) is 10.1.